The molecule has 2 nitrogen and oxygen atoms in total. The maximum atomic E-state index is 6.07. The number of nitrogens with two attached hydrogens (primary N) is 1. The van der Waals surface area contributed by atoms with E-state index in [2.05, 4.69) is 35.8 Å². The molecule has 0 bridgehead atoms. The molecule has 1 aromatic carbocycles. The van der Waals surface area contributed by atoms with E-state index in [0.717, 1.165) is 28.8 Å². The van der Waals surface area contributed by atoms with Crippen LogP contribution in [0.3, 0.4) is 0 Å². The van der Waals surface area contributed by atoms with E-state index in [9.17, 15) is 0 Å². The second-order valence-corrected chi connectivity index (χ2v) is 4.58. The molecule has 2 rings (SSSR count). The first-order valence-corrected chi connectivity index (χ1v) is 5.58. The van der Waals surface area contributed by atoms with Gasteiger partial charge in [-0.3, -0.25) is 0 Å². The van der Waals surface area contributed by atoms with Gasteiger partial charge in [-0.05, 0) is 31.0 Å². The predicted molar refractivity (Wildman–Crippen MR) is 60.7 cm³/mol. The number of ether oxygens (including phenoxy) is 1. The summed E-state index contributed by atoms with van der Waals surface area (Å²) in [7, 11) is 0. The van der Waals surface area contributed by atoms with Crippen molar-refractivity contribution < 1.29 is 4.74 Å². The summed E-state index contributed by atoms with van der Waals surface area (Å²) in [4.78, 5) is 0. The van der Waals surface area contributed by atoms with Crippen LogP contribution in [0.4, 0.5) is 0 Å². The summed E-state index contributed by atoms with van der Waals surface area (Å²) in [6.07, 6.45) is 0.906. The van der Waals surface area contributed by atoms with Crippen LogP contribution in [0, 0.1) is 13.8 Å². The highest BCUT2D eigenvalue weighted by Crippen LogP contribution is 2.38. The molecule has 0 aliphatic carbocycles. The molecular formula is C11H14BrNO. The lowest BCUT2D eigenvalue weighted by Gasteiger charge is -2.26. The third kappa shape index (κ3) is 1.44. The fourth-order valence-corrected chi connectivity index (χ4v) is 2.29. The van der Waals surface area contributed by atoms with Crippen molar-refractivity contribution in [1.82, 2.24) is 0 Å². The van der Waals surface area contributed by atoms with Crippen molar-refractivity contribution in [1.29, 1.82) is 0 Å². The second kappa shape index (κ2) is 3.55. The third-order valence-electron chi connectivity index (χ3n) is 2.75. The number of rotatable bonds is 0. The van der Waals surface area contributed by atoms with Crippen molar-refractivity contribution in [2.45, 2.75) is 26.3 Å². The van der Waals surface area contributed by atoms with Gasteiger partial charge >= 0.3 is 0 Å². The van der Waals surface area contributed by atoms with Crippen LogP contribution in [0.2, 0.25) is 0 Å². The van der Waals surface area contributed by atoms with E-state index >= 15 is 0 Å². The summed E-state index contributed by atoms with van der Waals surface area (Å²) >= 11 is 3.57. The molecule has 0 fully saturated rings. The zero-order valence-corrected chi connectivity index (χ0v) is 10.0. The van der Waals surface area contributed by atoms with E-state index in [1.54, 1.807) is 0 Å². The minimum Gasteiger partial charge on any atom is -0.493 e. The Morgan fingerprint density at radius 3 is 2.93 bits per heavy atom. The molecule has 1 aromatic rings. The highest BCUT2D eigenvalue weighted by molar-refractivity contribution is 9.10. The summed E-state index contributed by atoms with van der Waals surface area (Å²) in [6.45, 7) is 4.89. The van der Waals surface area contributed by atoms with Crippen molar-refractivity contribution in [2.24, 2.45) is 5.73 Å². The molecule has 1 heterocycles. The van der Waals surface area contributed by atoms with Gasteiger partial charge in [0.2, 0.25) is 0 Å². The minimum atomic E-state index is 0.121. The Balaban J connectivity index is 2.64. The Hall–Kier alpha value is -0.540. The lowest BCUT2D eigenvalue weighted by molar-refractivity contribution is 0.268. The summed E-state index contributed by atoms with van der Waals surface area (Å²) < 4.78 is 6.76. The normalized spacial score (nSPS) is 20.1. The number of aryl methyl sites for hydroxylation is 1. The van der Waals surface area contributed by atoms with Crippen LogP contribution in [0.15, 0.2) is 10.5 Å². The minimum absolute atomic E-state index is 0.121. The van der Waals surface area contributed by atoms with Crippen LogP contribution in [0.5, 0.6) is 5.75 Å². The molecule has 0 amide bonds. The van der Waals surface area contributed by atoms with E-state index in [-0.39, 0.29) is 6.04 Å². The number of halogens is 1. The van der Waals surface area contributed by atoms with Gasteiger partial charge in [0.1, 0.15) is 5.75 Å². The molecule has 76 valence electrons. The highest BCUT2D eigenvalue weighted by Gasteiger charge is 2.22. The fourth-order valence-electron chi connectivity index (χ4n) is 1.96. The van der Waals surface area contributed by atoms with Crippen LogP contribution >= 0.6 is 15.9 Å². The summed E-state index contributed by atoms with van der Waals surface area (Å²) in [5.74, 6) is 0.960. The number of benzene rings is 1. The van der Waals surface area contributed by atoms with E-state index in [1.807, 2.05) is 0 Å². The molecule has 2 N–H and O–H groups in total. The maximum Gasteiger partial charge on any atom is 0.124 e. The van der Waals surface area contributed by atoms with Crippen molar-refractivity contribution >= 4 is 15.9 Å². The lowest BCUT2D eigenvalue weighted by atomic mass is 9.95. The molecule has 1 atom stereocenters. The van der Waals surface area contributed by atoms with E-state index in [1.165, 1.54) is 11.1 Å². The first-order valence-electron chi connectivity index (χ1n) is 4.79. The van der Waals surface area contributed by atoms with Crippen LogP contribution in [-0.2, 0) is 0 Å². The van der Waals surface area contributed by atoms with Crippen LogP contribution in [0.1, 0.15) is 29.2 Å². The van der Waals surface area contributed by atoms with E-state index in [4.69, 9.17) is 10.5 Å². The van der Waals surface area contributed by atoms with Gasteiger partial charge in [0.25, 0.3) is 0 Å². The molecule has 0 spiro atoms. The maximum absolute atomic E-state index is 6.07. The van der Waals surface area contributed by atoms with Gasteiger partial charge in [0.05, 0.1) is 6.61 Å². The van der Waals surface area contributed by atoms with Crippen molar-refractivity contribution in [3.63, 3.8) is 0 Å². The fraction of sp³-hybridized carbons (Fsp3) is 0.455. The highest BCUT2D eigenvalue weighted by atomic mass is 79.9. The molecule has 3 heteroatoms. The summed E-state index contributed by atoms with van der Waals surface area (Å²) in [5, 5.41) is 0. The quantitative estimate of drug-likeness (QED) is 0.774. The van der Waals surface area contributed by atoms with Gasteiger partial charge in [-0.1, -0.05) is 15.9 Å². The van der Waals surface area contributed by atoms with E-state index in [0.29, 0.717) is 0 Å². The van der Waals surface area contributed by atoms with Gasteiger partial charge < -0.3 is 10.5 Å². The average molecular weight is 256 g/mol. The molecule has 0 unspecified atom stereocenters. The Morgan fingerprint density at radius 1 is 1.50 bits per heavy atom. The zero-order chi connectivity index (χ0) is 10.3. The molecule has 0 saturated heterocycles. The molecule has 0 saturated carbocycles. The first kappa shape index (κ1) is 9.99. The Labute approximate surface area is 92.6 Å². The van der Waals surface area contributed by atoms with Crippen LogP contribution in [0.25, 0.3) is 0 Å². The zero-order valence-electron chi connectivity index (χ0n) is 8.43. The van der Waals surface area contributed by atoms with Gasteiger partial charge in [-0.2, -0.15) is 0 Å². The molecular weight excluding hydrogens is 242 g/mol. The van der Waals surface area contributed by atoms with Gasteiger partial charge in [-0.25, -0.2) is 0 Å². The Morgan fingerprint density at radius 2 is 2.21 bits per heavy atom. The third-order valence-corrected chi connectivity index (χ3v) is 3.97. The van der Waals surface area contributed by atoms with Crippen LogP contribution in [-0.4, -0.2) is 6.61 Å². The number of fused-ring (bicyclic) bond motifs is 1. The Bertz CT molecular complexity index is 376. The number of hydrogen-bond donors (Lipinski definition) is 1. The predicted octanol–water partition coefficient (Wildman–Crippen LogP) is 2.85. The van der Waals surface area contributed by atoms with Gasteiger partial charge in [0.15, 0.2) is 0 Å². The lowest BCUT2D eigenvalue weighted by Crippen LogP contribution is -2.22. The van der Waals surface area contributed by atoms with Crippen molar-refractivity contribution in [3.05, 3.63) is 27.2 Å². The van der Waals surface area contributed by atoms with Crippen molar-refractivity contribution in [2.75, 3.05) is 6.61 Å². The SMILES string of the molecule is Cc1cc2c(c(C)c1Br)[C@H](N)CCO2. The summed E-state index contributed by atoms with van der Waals surface area (Å²) in [5.41, 5.74) is 9.65. The van der Waals surface area contributed by atoms with Crippen LogP contribution < -0.4 is 10.5 Å². The molecule has 14 heavy (non-hydrogen) atoms. The number of hydrogen-bond acceptors (Lipinski definition) is 2. The van der Waals surface area contributed by atoms with Crippen molar-refractivity contribution in [3.8, 4) is 5.75 Å². The molecule has 1 aliphatic rings. The largest absolute Gasteiger partial charge is 0.493 e. The van der Waals surface area contributed by atoms with Gasteiger partial charge in [-0.15, -0.1) is 0 Å². The Kier molecular flexibility index (Phi) is 2.54. The standard InChI is InChI=1S/C11H14BrNO/c1-6-5-9-10(7(2)11(6)12)8(13)3-4-14-9/h5,8H,3-4,13H2,1-2H3/t8-/m1/s1. The molecule has 0 aromatic heterocycles. The molecule has 1 aliphatic heterocycles. The first-order chi connectivity index (χ1) is 6.61. The van der Waals surface area contributed by atoms with Gasteiger partial charge in [0, 0.05) is 22.5 Å². The average Bonchev–Trinajstić information content (AvgIpc) is 2.14. The van der Waals surface area contributed by atoms with E-state index < -0.39 is 0 Å². The smallest absolute Gasteiger partial charge is 0.124 e. The summed E-state index contributed by atoms with van der Waals surface area (Å²) in [6, 6.07) is 2.18. The molecule has 0 radical (unpaired) electrons. The second-order valence-electron chi connectivity index (χ2n) is 3.79. The monoisotopic (exact) mass is 255 g/mol. The topological polar surface area (TPSA) is 35.2 Å².